The Labute approximate surface area is 208 Å². The van der Waals surface area contributed by atoms with Crippen LogP contribution in [0.5, 0.6) is 0 Å². The minimum atomic E-state index is -0.648. The molecule has 186 valence electrons. The van der Waals surface area contributed by atoms with Gasteiger partial charge in [0.25, 0.3) is 0 Å². The highest BCUT2D eigenvalue weighted by Crippen LogP contribution is 2.30. The van der Waals surface area contributed by atoms with E-state index in [0.717, 1.165) is 11.3 Å². The third-order valence-electron chi connectivity index (χ3n) is 5.74. The molecule has 0 fully saturated rings. The fourth-order valence-electron chi connectivity index (χ4n) is 3.87. The fourth-order valence-corrected chi connectivity index (χ4v) is 3.87. The zero-order valence-electron chi connectivity index (χ0n) is 20.9. The first kappa shape index (κ1) is 24.8. The average Bonchev–Trinajstić information content (AvgIpc) is 3.44. The van der Waals surface area contributed by atoms with Gasteiger partial charge >= 0.3 is 5.97 Å². The molecule has 0 radical (unpaired) electrons. The van der Waals surface area contributed by atoms with E-state index in [1.54, 1.807) is 48.1 Å². The van der Waals surface area contributed by atoms with Crippen molar-refractivity contribution in [1.29, 1.82) is 0 Å². The summed E-state index contributed by atoms with van der Waals surface area (Å²) < 4.78 is 12.8. The Bertz CT molecular complexity index is 1450. The van der Waals surface area contributed by atoms with Gasteiger partial charge in [-0.2, -0.15) is 5.10 Å². The maximum Gasteiger partial charge on any atom is 0.339 e. The van der Waals surface area contributed by atoms with Gasteiger partial charge in [-0.15, -0.1) is 0 Å². The lowest BCUT2D eigenvalue weighted by Gasteiger charge is -2.10. The van der Waals surface area contributed by atoms with Crippen molar-refractivity contribution in [2.24, 2.45) is 0 Å². The van der Waals surface area contributed by atoms with Gasteiger partial charge in [0.05, 0.1) is 22.8 Å². The van der Waals surface area contributed by atoms with Crippen molar-refractivity contribution in [3.8, 4) is 11.3 Å². The van der Waals surface area contributed by atoms with Crippen molar-refractivity contribution < 1.29 is 23.5 Å². The van der Waals surface area contributed by atoms with E-state index in [9.17, 15) is 14.4 Å². The lowest BCUT2D eigenvalue weighted by atomic mass is 10.1. The smallest absolute Gasteiger partial charge is 0.339 e. The molecular weight excluding hydrogens is 460 g/mol. The van der Waals surface area contributed by atoms with E-state index in [1.165, 1.54) is 0 Å². The van der Waals surface area contributed by atoms with Crippen LogP contribution in [0.25, 0.3) is 22.3 Å². The summed E-state index contributed by atoms with van der Waals surface area (Å²) in [5, 5.41) is 7.67. The van der Waals surface area contributed by atoms with E-state index in [1.807, 2.05) is 33.8 Å². The molecule has 0 bridgehead atoms. The molecule has 0 aliphatic heterocycles. The van der Waals surface area contributed by atoms with Crippen molar-refractivity contribution in [2.45, 2.75) is 47.1 Å². The second kappa shape index (κ2) is 10.2. The van der Waals surface area contributed by atoms with Crippen molar-refractivity contribution in [3.05, 3.63) is 65.2 Å². The summed E-state index contributed by atoms with van der Waals surface area (Å²) in [5.74, 6) is 0.291. The second-order valence-electron chi connectivity index (χ2n) is 8.78. The first-order valence-electron chi connectivity index (χ1n) is 11.7. The summed E-state index contributed by atoms with van der Waals surface area (Å²) in [5.41, 5.74) is 3.10. The van der Waals surface area contributed by atoms with Gasteiger partial charge in [0, 0.05) is 29.3 Å². The number of esters is 1. The number of anilines is 1. The maximum atomic E-state index is 13.1. The van der Waals surface area contributed by atoms with Crippen LogP contribution in [-0.2, 0) is 9.53 Å². The van der Waals surface area contributed by atoms with Crippen LogP contribution in [0.4, 0.5) is 5.69 Å². The van der Waals surface area contributed by atoms with Gasteiger partial charge in [0.15, 0.2) is 18.0 Å². The van der Waals surface area contributed by atoms with Crippen LogP contribution < -0.4 is 5.32 Å². The number of Topliss-reactive ketones (excluding diaryl/α,β-unsaturated/α-hetero) is 1. The van der Waals surface area contributed by atoms with Crippen LogP contribution >= 0.6 is 0 Å². The Morgan fingerprint density at radius 1 is 1.11 bits per heavy atom. The predicted molar refractivity (Wildman–Crippen MR) is 135 cm³/mol. The number of carbonyl (C=O) groups is 3. The van der Waals surface area contributed by atoms with E-state index in [2.05, 4.69) is 10.4 Å². The molecule has 4 aromatic rings. The van der Waals surface area contributed by atoms with Gasteiger partial charge in [-0.25, -0.2) is 14.5 Å². The molecule has 1 amide bonds. The molecule has 0 unspecified atom stereocenters. The lowest BCUT2D eigenvalue weighted by molar-refractivity contribution is -0.115. The molecule has 0 aliphatic carbocycles. The van der Waals surface area contributed by atoms with Crippen molar-refractivity contribution in [3.63, 3.8) is 0 Å². The molecule has 36 heavy (non-hydrogen) atoms. The summed E-state index contributed by atoms with van der Waals surface area (Å²) in [6.45, 7) is 8.96. The van der Waals surface area contributed by atoms with Gasteiger partial charge in [-0.05, 0) is 64.1 Å². The molecule has 0 saturated heterocycles. The second-order valence-corrected chi connectivity index (χ2v) is 8.78. The molecule has 9 heteroatoms. The number of aryl methyl sites for hydroxylation is 2. The number of furan rings is 1. The normalized spacial score (nSPS) is 11.2. The molecule has 3 heterocycles. The first-order chi connectivity index (χ1) is 17.2. The number of rotatable bonds is 8. The van der Waals surface area contributed by atoms with Crippen LogP contribution in [0.3, 0.4) is 0 Å². The van der Waals surface area contributed by atoms with E-state index < -0.39 is 12.6 Å². The lowest BCUT2D eigenvalue weighted by Crippen LogP contribution is -2.15. The number of benzene rings is 1. The summed E-state index contributed by atoms with van der Waals surface area (Å²) >= 11 is 0. The summed E-state index contributed by atoms with van der Waals surface area (Å²) in [6, 6.07) is 9.97. The van der Waals surface area contributed by atoms with Crippen molar-refractivity contribution in [2.75, 3.05) is 11.9 Å². The Hall–Kier alpha value is -4.27. The quantitative estimate of drug-likeness (QED) is 0.265. The highest BCUT2D eigenvalue weighted by molar-refractivity contribution is 6.05. The standard InChI is InChI=1S/C27H28N4O5/c1-6-25(33)29-19-9-7-18(8-10-19)24(32)14-35-27(34)21-12-23(20-11-16(4)36-17(20)5)30-26-22(21)13-28-31(26)15(2)3/h7-13,15H,6,14H2,1-5H3,(H,29,33). The largest absolute Gasteiger partial charge is 0.466 e. The Kier molecular flexibility index (Phi) is 7.00. The zero-order chi connectivity index (χ0) is 26.0. The minimum absolute atomic E-state index is 0.0213. The predicted octanol–water partition coefficient (Wildman–Crippen LogP) is 5.28. The number of nitrogens with zero attached hydrogens (tertiary/aromatic N) is 3. The molecule has 9 nitrogen and oxygen atoms in total. The van der Waals surface area contributed by atoms with Gasteiger partial charge in [0.1, 0.15) is 11.5 Å². The molecule has 4 rings (SSSR count). The van der Waals surface area contributed by atoms with Gasteiger partial charge in [-0.1, -0.05) is 6.92 Å². The number of pyridine rings is 1. The molecule has 0 spiro atoms. The van der Waals surface area contributed by atoms with Crippen molar-refractivity contribution in [1.82, 2.24) is 14.8 Å². The number of ether oxygens (including phenoxy) is 1. The first-order valence-corrected chi connectivity index (χ1v) is 11.7. The third-order valence-corrected chi connectivity index (χ3v) is 5.74. The van der Waals surface area contributed by atoms with Crippen LogP contribution in [0.15, 0.2) is 47.0 Å². The molecular formula is C27H28N4O5. The van der Waals surface area contributed by atoms with Crippen LogP contribution in [-0.4, -0.2) is 39.0 Å². The molecule has 1 aromatic carbocycles. The number of amides is 1. The number of nitrogens with one attached hydrogen (secondary N) is 1. The Morgan fingerprint density at radius 3 is 2.44 bits per heavy atom. The van der Waals surface area contributed by atoms with Crippen LogP contribution in [0.1, 0.15) is 65.5 Å². The molecule has 0 aliphatic rings. The van der Waals surface area contributed by atoms with Crippen molar-refractivity contribution >= 4 is 34.4 Å². The Morgan fingerprint density at radius 2 is 1.83 bits per heavy atom. The van der Waals surface area contributed by atoms with E-state index in [4.69, 9.17) is 14.1 Å². The van der Waals surface area contributed by atoms with Gasteiger partial charge in [-0.3, -0.25) is 9.59 Å². The summed E-state index contributed by atoms with van der Waals surface area (Å²) in [4.78, 5) is 42.1. The Balaban J connectivity index is 1.59. The average molecular weight is 489 g/mol. The number of ketones is 1. The number of hydrogen-bond donors (Lipinski definition) is 1. The number of fused-ring (bicyclic) bond motifs is 1. The molecule has 0 atom stereocenters. The number of aromatic nitrogens is 3. The van der Waals surface area contributed by atoms with Crippen LogP contribution in [0, 0.1) is 13.8 Å². The topological polar surface area (TPSA) is 116 Å². The maximum absolute atomic E-state index is 13.1. The van der Waals surface area contributed by atoms with Crippen LogP contribution in [0.2, 0.25) is 0 Å². The minimum Gasteiger partial charge on any atom is -0.466 e. The molecule has 3 aromatic heterocycles. The summed E-state index contributed by atoms with van der Waals surface area (Å²) in [6.07, 6.45) is 1.94. The summed E-state index contributed by atoms with van der Waals surface area (Å²) in [7, 11) is 0. The molecule has 0 saturated carbocycles. The number of carbonyl (C=O) groups excluding carboxylic acids is 3. The van der Waals surface area contributed by atoms with E-state index in [-0.39, 0.29) is 23.3 Å². The SMILES string of the molecule is CCC(=O)Nc1ccc(C(=O)COC(=O)c2cc(-c3cc(C)oc3C)nc3c2cnn3C(C)C)cc1. The highest BCUT2D eigenvalue weighted by Gasteiger charge is 2.22. The zero-order valence-corrected chi connectivity index (χ0v) is 20.9. The van der Waals surface area contributed by atoms with Gasteiger partial charge in [0.2, 0.25) is 5.91 Å². The van der Waals surface area contributed by atoms with Gasteiger partial charge < -0.3 is 14.5 Å². The number of hydrogen-bond acceptors (Lipinski definition) is 7. The highest BCUT2D eigenvalue weighted by atomic mass is 16.5. The van der Waals surface area contributed by atoms with E-state index >= 15 is 0 Å². The third kappa shape index (κ3) is 5.05. The van der Waals surface area contributed by atoms with E-state index in [0.29, 0.717) is 40.2 Å². The fraction of sp³-hybridized carbons (Fsp3) is 0.296. The monoisotopic (exact) mass is 488 g/mol. The molecule has 1 N–H and O–H groups in total.